The zero-order valence-corrected chi connectivity index (χ0v) is 13.4. The average Bonchev–Trinajstić information content (AvgIpc) is 2.86. The molecule has 1 atom stereocenters. The topological polar surface area (TPSA) is 63.2 Å². The first kappa shape index (κ1) is 15.6. The summed E-state index contributed by atoms with van der Waals surface area (Å²) in [5.41, 5.74) is 0.0627. The van der Waals surface area contributed by atoms with Gasteiger partial charge in [0.25, 0.3) is 0 Å². The number of benzene rings is 1. The Labute approximate surface area is 128 Å². The molecule has 0 aliphatic heterocycles. The van der Waals surface area contributed by atoms with Gasteiger partial charge in [0.1, 0.15) is 4.33 Å². The van der Waals surface area contributed by atoms with Crippen LogP contribution in [-0.2, 0) is 21.2 Å². The van der Waals surface area contributed by atoms with Crippen molar-refractivity contribution in [3.8, 4) is 0 Å². The zero-order chi connectivity index (χ0) is 15.2. The van der Waals surface area contributed by atoms with Crippen LogP contribution in [0.5, 0.6) is 0 Å². The predicted octanol–water partition coefficient (Wildman–Crippen LogP) is 2.29. The SMILES string of the molecule is C[C@@]1(C(=O)NCc2ccc(S(C)(=O)=O)cc2)CC1(Cl)Cl. The molecule has 1 aliphatic rings. The van der Waals surface area contributed by atoms with Gasteiger partial charge in [-0.3, -0.25) is 4.79 Å². The lowest BCUT2D eigenvalue weighted by Crippen LogP contribution is -2.32. The van der Waals surface area contributed by atoms with Crippen molar-refractivity contribution >= 4 is 38.9 Å². The van der Waals surface area contributed by atoms with E-state index >= 15 is 0 Å². The van der Waals surface area contributed by atoms with Crippen LogP contribution in [0, 0.1) is 5.41 Å². The second-order valence-corrected chi connectivity index (χ2v) is 8.81. The maximum Gasteiger partial charge on any atom is 0.229 e. The maximum atomic E-state index is 12.0. The van der Waals surface area contributed by atoms with Gasteiger partial charge in [0.05, 0.1) is 10.3 Å². The predicted molar refractivity (Wildman–Crippen MR) is 78.6 cm³/mol. The molecule has 0 aromatic heterocycles. The summed E-state index contributed by atoms with van der Waals surface area (Å²) in [5, 5.41) is 2.76. The van der Waals surface area contributed by atoms with Crippen LogP contribution in [0.2, 0.25) is 0 Å². The number of carbonyl (C=O) groups is 1. The molecular formula is C13H15Cl2NO3S. The Morgan fingerprint density at radius 2 is 1.80 bits per heavy atom. The van der Waals surface area contributed by atoms with Gasteiger partial charge < -0.3 is 5.32 Å². The van der Waals surface area contributed by atoms with Crippen molar-refractivity contribution in [1.82, 2.24) is 5.32 Å². The van der Waals surface area contributed by atoms with Crippen LogP contribution in [-0.4, -0.2) is 24.9 Å². The standard InChI is InChI=1S/C13H15Cl2NO3S/c1-12(8-13(12,14)15)11(17)16-7-9-3-5-10(6-4-9)20(2,18)19/h3-6H,7-8H2,1-2H3,(H,16,17)/t12-/m0/s1. The van der Waals surface area contributed by atoms with Crippen molar-refractivity contribution in [2.75, 3.05) is 6.26 Å². The summed E-state index contributed by atoms with van der Waals surface area (Å²) < 4.78 is 21.7. The lowest BCUT2D eigenvalue weighted by molar-refractivity contribution is -0.125. The molecule has 1 aliphatic carbocycles. The number of amides is 1. The van der Waals surface area contributed by atoms with Crippen molar-refractivity contribution in [2.45, 2.75) is 29.1 Å². The molecule has 110 valence electrons. The van der Waals surface area contributed by atoms with Crippen molar-refractivity contribution < 1.29 is 13.2 Å². The fraction of sp³-hybridized carbons (Fsp3) is 0.462. The van der Waals surface area contributed by atoms with E-state index in [1.807, 2.05) is 0 Å². The van der Waals surface area contributed by atoms with Crippen LogP contribution in [0.1, 0.15) is 18.9 Å². The van der Waals surface area contributed by atoms with Crippen LogP contribution < -0.4 is 5.32 Å². The number of hydrogen-bond acceptors (Lipinski definition) is 3. The van der Waals surface area contributed by atoms with Crippen LogP contribution in [0.3, 0.4) is 0 Å². The van der Waals surface area contributed by atoms with Gasteiger partial charge in [-0.25, -0.2) is 8.42 Å². The highest BCUT2D eigenvalue weighted by atomic mass is 35.5. The molecule has 1 aromatic rings. The number of halogens is 2. The van der Waals surface area contributed by atoms with Crippen molar-refractivity contribution in [1.29, 1.82) is 0 Å². The van der Waals surface area contributed by atoms with Crippen molar-refractivity contribution in [3.05, 3.63) is 29.8 Å². The minimum atomic E-state index is -3.20. The van der Waals surface area contributed by atoms with Crippen LogP contribution in [0.15, 0.2) is 29.2 Å². The lowest BCUT2D eigenvalue weighted by Gasteiger charge is -2.12. The summed E-state index contributed by atoms with van der Waals surface area (Å²) in [6, 6.07) is 6.37. The van der Waals surface area contributed by atoms with Crippen LogP contribution >= 0.6 is 23.2 Å². The zero-order valence-electron chi connectivity index (χ0n) is 11.1. The number of carbonyl (C=O) groups excluding carboxylic acids is 1. The van der Waals surface area contributed by atoms with E-state index in [0.29, 0.717) is 13.0 Å². The number of alkyl halides is 2. The van der Waals surface area contributed by atoms with Gasteiger partial charge in [-0.05, 0) is 31.0 Å². The van der Waals surface area contributed by atoms with E-state index in [-0.39, 0.29) is 10.8 Å². The summed E-state index contributed by atoms with van der Waals surface area (Å²) in [6.07, 6.45) is 1.58. The molecule has 0 bridgehead atoms. The minimum absolute atomic E-state index is 0.199. The van der Waals surface area contributed by atoms with Gasteiger partial charge in [0.15, 0.2) is 9.84 Å². The smallest absolute Gasteiger partial charge is 0.229 e. The van der Waals surface area contributed by atoms with Crippen LogP contribution in [0.4, 0.5) is 0 Å². The summed E-state index contributed by atoms with van der Waals surface area (Å²) in [7, 11) is -3.20. The molecule has 0 spiro atoms. The quantitative estimate of drug-likeness (QED) is 0.858. The van der Waals surface area contributed by atoms with E-state index in [1.54, 1.807) is 19.1 Å². The van der Waals surface area contributed by atoms with E-state index in [4.69, 9.17) is 23.2 Å². The molecule has 0 radical (unpaired) electrons. The molecule has 4 nitrogen and oxygen atoms in total. The molecule has 1 fully saturated rings. The Kier molecular flexibility index (Phi) is 3.82. The van der Waals surface area contributed by atoms with Crippen LogP contribution in [0.25, 0.3) is 0 Å². The van der Waals surface area contributed by atoms with Gasteiger partial charge in [0.2, 0.25) is 5.91 Å². The van der Waals surface area contributed by atoms with E-state index < -0.39 is 19.6 Å². The second-order valence-electron chi connectivity index (χ2n) is 5.31. The third-order valence-electron chi connectivity index (χ3n) is 3.56. The molecule has 7 heteroatoms. The second kappa shape index (κ2) is 4.90. The molecule has 0 heterocycles. The minimum Gasteiger partial charge on any atom is -0.351 e. The Hall–Kier alpha value is -0.780. The van der Waals surface area contributed by atoms with Gasteiger partial charge in [0, 0.05) is 12.8 Å². The highest BCUT2D eigenvalue weighted by Gasteiger charge is 2.67. The average molecular weight is 336 g/mol. The third kappa shape index (κ3) is 2.95. The molecule has 1 aromatic carbocycles. The van der Waals surface area contributed by atoms with Crippen molar-refractivity contribution in [2.24, 2.45) is 5.41 Å². The third-order valence-corrected chi connectivity index (χ3v) is 5.79. The maximum absolute atomic E-state index is 12.0. The van der Waals surface area contributed by atoms with Gasteiger partial charge in [-0.15, -0.1) is 23.2 Å². The summed E-state index contributed by atoms with van der Waals surface area (Å²) in [5.74, 6) is -0.199. The Morgan fingerprint density at radius 3 is 2.20 bits per heavy atom. The van der Waals surface area contributed by atoms with E-state index in [9.17, 15) is 13.2 Å². The molecular weight excluding hydrogens is 321 g/mol. The van der Waals surface area contributed by atoms with Gasteiger partial charge >= 0.3 is 0 Å². The molecule has 1 N–H and O–H groups in total. The fourth-order valence-electron chi connectivity index (χ4n) is 1.88. The molecule has 20 heavy (non-hydrogen) atoms. The molecule has 0 unspecified atom stereocenters. The van der Waals surface area contributed by atoms with Gasteiger partial charge in [-0.1, -0.05) is 12.1 Å². The fourth-order valence-corrected chi connectivity index (χ4v) is 3.21. The summed E-state index contributed by atoms with van der Waals surface area (Å²) in [6.45, 7) is 2.03. The Balaban J connectivity index is 1.97. The van der Waals surface area contributed by atoms with Gasteiger partial charge in [-0.2, -0.15) is 0 Å². The first-order valence-electron chi connectivity index (χ1n) is 6.01. The first-order chi connectivity index (χ1) is 9.06. The first-order valence-corrected chi connectivity index (χ1v) is 8.66. The van der Waals surface area contributed by atoms with E-state index in [0.717, 1.165) is 11.8 Å². The molecule has 1 saturated carbocycles. The highest BCUT2D eigenvalue weighted by molar-refractivity contribution is 7.90. The van der Waals surface area contributed by atoms with E-state index in [2.05, 4.69) is 5.32 Å². The molecule has 0 saturated heterocycles. The van der Waals surface area contributed by atoms with Crippen molar-refractivity contribution in [3.63, 3.8) is 0 Å². The highest BCUT2D eigenvalue weighted by Crippen LogP contribution is 2.63. The summed E-state index contributed by atoms with van der Waals surface area (Å²) >= 11 is 11.9. The Morgan fingerprint density at radius 1 is 1.30 bits per heavy atom. The number of sulfone groups is 1. The summed E-state index contributed by atoms with van der Waals surface area (Å²) in [4.78, 5) is 12.2. The lowest BCUT2D eigenvalue weighted by atomic mass is 10.1. The largest absolute Gasteiger partial charge is 0.351 e. The normalized spacial score (nSPS) is 24.2. The molecule has 2 rings (SSSR count). The number of hydrogen-bond donors (Lipinski definition) is 1. The number of nitrogens with one attached hydrogen (secondary N) is 1. The van der Waals surface area contributed by atoms with E-state index in [1.165, 1.54) is 12.1 Å². The monoisotopic (exact) mass is 335 g/mol. The molecule has 1 amide bonds. The number of rotatable bonds is 4. The Bertz CT molecular complexity index is 640.